The van der Waals surface area contributed by atoms with Crippen molar-refractivity contribution < 1.29 is 24.2 Å². The average Bonchev–Trinajstić information content (AvgIpc) is 2.83. The Balaban J connectivity index is 2.68. The minimum Gasteiger partial charge on any atom is -0.456 e. The molecular formula is C15H23NO5. The summed E-state index contributed by atoms with van der Waals surface area (Å²) in [6.07, 6.45) is -0.175. The Labute approximate surface area is 125 Å². The molecule has 6 nitrogen and oxygen atoms in total. The third-order valence-electron chi connectivity index (χ3n) is 2.89. The van der Waals surface area contributed by atoms with Crippen LogP contribution in [0.2, 0.25) is 0 Å². The molecule has 0 saturated carbocycles. The van der Waals surface area contributed by atoms with Crippen LogP contribution < -0.4 is 0 Å². The molecule has 2 atom stereocenters. The van der Waals surface area contributed by atoms with E-state index in [2.05, 4.69) is 16.6 Å². The summed E-state index contributed by atoms with van der Waals surface area (Å²) >= 11 is 0. The number of hydrogen-bond acceptors (Lipinski definition) is 5. The second kappa shape index (κ2) is 7.32. The molecule has 0 bridgehead atoms. The highest BCUT2D eigenvalue weighted by Crippen LogP contribution is 2.23. The van der Waals surface area contributed by atoms with E-state index in [1.165, 1.54) is 4.90 Å². The topological polar surface area (TPSA) is 76.1 Å². The van der Waals surface area contributed by atoms with Gasteiger partial charge in [0.2, 0.25) is 0 Å². The van der Waals surface area contributed by atoms with E-state index in [0.29, 0.717) is 13.0 Å². The molecule has 1 saturated heterocycles. The van der Waals surface area contributed by atoms with Crippen molar-refractivity contribution in [2.24, 2.45) is 0 Å². The minimum atomic E-state index is -1.09. The fraction of sp³-hybridized carbons (Fsp3) is 0.733. The van der Waals surface area contributed by atoms with Crippen LogP contribution in [-0.2, 0) is 14.3 Å². The number of aliphatic hydroxyl groups excluding tert-OH is 1. The summed E-state index contributed by atoms with van der Waals surface area (Å²) in [5.41, 5.74) is -0.591. The molecule has 0 unspecified atom stereocenters. The number of rotatable bonds is 2. The number of amides is 1. The second-order valence-electron chi connectivity index (χ2n) is 5.82. The van der Waals surface area contributed by atoms with Gasteiger partial charge in [0.05, 0.1) is 12.6 Å². The van der Waals surface area contributed by atoms with Gasteiger partial charge in [-0.2, -0.15) is 0 Å². The van der Waals surface area contributed by atoms with Crippen molar-refractivity contribution in [1.82, 2.24) is 4.90 Å². The number of hydrogen-bond donors (Lipinski definition) is 1. The minimum absolute atomic E-state index is 0.233. The summed E-state index contributed by atoms with van der Waals surface area (Å²) in [6.45, 7) is 7.78. The van der Waals surface area contributed by atoms with Crippen molar-refractivity contribution in [2.45, 2.75) is 58.3 Å². The molecule has 21 heavy (non-hydrogen) atoms. The first-order chi connectivity index (χ1) is 9.74. The molecule has 1 heterocycles. The highest BCUT2D eigenvalue weighted by Gasteiger charge is 2.35. The smallest absolute Gasteiger partial charge is 0.410 e. The number of carbonyl (C=O) groups is 2. The van der Waals surface area contributed by atoms with Crippen LogP contribution in [0, 0.1) is 11.8 Å². The van der Waals surface area contributed by atoms with E-state index < -0.39 is 29.8 Å². The van der Waals surface area contributed by atoms with Crippen LogP contribution in [-0.4, -0.2) is 53.0 Å². The van der Waals surface area contributed by atoms with Gasteiger partial charge < -0.3 is 19.5 Å². The Morgan fingerprint density at radius 2 is 2.10 bits per heavy atom. The molecule has 1 amide bonds. The predicted molar refractivity (Wildman–Crippen MR) is 76.4 cm³/mol. The van der Waals surface area contributed by atoms with Gasteiger partial charge in [-0.15, -0.1) is 0 Å². The van der Waals surface area contributed by atoms with Crippen molar-refractivity contribution >= 4 is 12.1 Å². The first-order valence-corrected chi connectivity index (χ1v) is 7.10. The van der Waals surface area contributed by atoms with Crippen LogP contribution in [0.3, 0.4) is 0 Å². The van der Waals surface area contributed by atoms with E-state index in [-0.39, 0.29) is 6.61 Å². The van der Waals surface area contributed by atoms with Gasteiger partial charge in [0.25, 0.3) is 0 Å². The summed E-state index contributed by atoms with van der Waals surface area (Å²) in [7, 11) is 0. The molecule has 1 fully saturated rings. The standard InChI is InChI=1S/C15H23NO5/c1-5-20-13(18)9-8-12(17)11-7-6-10-16(11)14(19)21-15(2,3)4/h11-12,17H,5-7,10H2,1-4H3/t11-,12+/m0/s1. The Kier molecular flexibility index (Phi) is 6.03. The Morgan fingerprint density at radius 1 is 1.43 bits per heavy atom. The van der Waals surface area contributed by atoms with E-state index in [9.17, 15) is 14.7 Å². The van der Waals surface area contributed by atoms with Crippen molar-refractivity contribution in [2.75, 3.05) is 13.2 Å². The zero-order chi connectivity index (χ0) is 16.0. The molecule has 0 aliphatic carbocycles. The lowest BCUT2D eigenvalue weighted by molar-refractivity contribution is -0.136. The summed E-state index contributed by atoms with van der Waals surface area (Å²) in [5, 5.41) is 10.1. The lowest BCUT2D eigenvalue weighted by Gasteiger charge is -2.29. The molecule has 0 spiro atoms. The average molecular weight is 297 g/mol. The summed E-state index contributed by atoms with van der Waals surface area (Å²) in [5.74, 6) is 3.98. The summed E-state index contributed by atoms with van der Waals surface area (Å²) < 4.78 is 9.97. The number of aliphatic hydroxyl groups is 1. The van der Waals surface area contributed by atoms with E-state index in [0.717, 1.165) is 6.42 Å². The molecule has 0 aromatic rings. The van der Waals surface area contributed by atoms with E-state index in [4.69, 9.17) is 4.74 Å². The largest absolute Gasteiger partial charge is 0.456 e. The number of likely N-dealkylation sites (tertiary alicyclic amines) is 1. The van der Waals surface area contributed by atoms with Gasteiger partial charge in [-0.3, -0.25) is 0 Å². The van der Waals surface area contributed by atoms with Crippen molar-refractivity contribution in [3.8, 4) is 11.8 Å². The van der Waals surface area contributed by atoms with Crippen LogP contribution in [0.4, 0.5) is 4.79 Å². The van der Waals surface area contributed by atoms with Crippen LogP contribution in [0.25, 0.3) is 0 Å². The van der Waals surface area contributed by atoms with E-state index >= 15 is 0 Å². The van der Waals surface area contributed by atoms with Gasteiger partial charge in [0.15, 0.2) is 0 Å². The Bertz CT molecular complexity index is 443. The molecule has 1 aliphatic heterocycles. The second-order valence-corrected chi connectivity index (χ2v) is 5.82. The third-order valence-corrected chi connectivity index (χ3v) is 2.89. The molecular weight excluding hydrogens is 274 g/mol. The number of nitrogens with zero attached hydrogens (tertiary/aromatic N) is 1. The summed E-state index contributed by atoms with van der Waals surface area (Å²) in [4.78, 5) is 24.7. The maximum absolute atomic E-state index is 12.1. The Morgan fingerprint density at radius 3 is 2.67 bits per heavy atom. The first-order valence-electron chi connectivity index (χ1n) is 7.10. The highest BCUT2D eigenvalue weighted by atomic mass is 16.6. The van der Waals surface area contributed by atoms with Crippen LogP contribution in [0.1, 0.15) is 40.5 Å². The maximum Gasteiger partial charge on any atom is 0.410 e. The SMILES string of the molecule is CCOC(=O)C#C[C@@H](O)[C@@H]1CCCN1C(=O)OC(C)(C)C. The van der Waals surface area contributed by atoms with Crippen molar-refractivity contribution in [1.29, 1.82) is 0 Å². The highest BCUT2D eigenvalue weighted by molar-refractivity contribution is 5.88. The zero-order valence-corrected chi connectivity index (χ0v) is 13.0. The van der Waals surface area contributed by atoms with Gasteiger partial charge in [0, 0.05) is 12.5 Å². The van der Waals surface area contributed by atoms with Crippen LogP contribution in [0.5, 0.6) is 0 Å². The molecule has 0 aromatic carbocycles. The van der Waals surface area contributed by atoms with Gasteiger partial charge in [0.1, 0.15) is 11.7 Å². The molecule has 6 heteroatoms. The quantitative estimate of drug-likeness (QED) is 0.472. The Hall–Kier alpha value is -1.74. The summed E-state index contributed by atoms with van der Waals surface area (Å²) in [6, 6.07) is -0.457. The van der Waals surface area contributed by atoms with E-state index in [1.54, 1.807) is 27.7 Å². The monoisotopic (exact) mass is 297 g/mol. The molecule has 0 radical (unpaired) electrons. The number of ether oxygens (including phenoxy) is 2. The van der Waals surface area contributed by atoms with Gasteiger partial charge >= 0.3 is 12.1 Å². The van der Waals surface area contributed by atoms with Crippen molar-refractivity contribution in [3.05, 3.63) is 0 Å². The zero-order valence-electron chi connectivity index (χ0n) is 13.0. The maximum atomic E-state index is 12.1. The molecule has 1 rings (SSSR count). The van der Waals surface area contributed by atoms with E-state index in [1.807, 2.05) is 0 Å². The lowest BCUT2D eigenvalue weighted by Crippen LogP contribution is -2.44. The number of carbonyl (C=O) groups excluding carboxylic acids is 2. The fourth-order valence-electron chi connectivity index (χ4n) is 2.06. The van der Waals surface area contributed by atoms with Crippen molar-refractivity contribution in [3.63, 3.8) is 0 Å². The molecule has 1 N–H and O–H groups in total. The molecule has 0 aromatic heterocycles. The van der Waals surface area contributed by atoms with Crippen LogP contribution >= 0.6 is 0 Å². The first kappa shape index (κ1) is 17.3. The van der Waals surface area contributed by atoms with Gasteiger partial charge in [-0.25, -0.2) is 9.59 Å². The lowest BCUT2D eigenvalue weighted by atomic mass is 10.1. The molecule has 118 valence electrons. The van der Waals surface area contributed by atoms with Gasteiger partial charge in [-0.1, -0.05) is 5.92 Å². The third kappa shape index (κ3) is 5.64. The predicted octanol–water partition coefficient (Wildman–Crippen LogP) is 1.31. The fourth-order valence-corrected chi connectivity index (χ4v) is 2.06. The number of esters is 1. The van der Waals surface area contributed by atoms with Gasteiger partial charge in [-0.05, 0) is 40.5 Å². The normalized spacial score (nSPS) is 19.5. The van der Waals surface area contributed by atoms with Crippen LogP contribution in [0.15, 0.2) is 0 Å². The molecule has 1 aliphatic rings.